The van der Waals surface area contributed by atoms with Crippen molar-refractivity contribution in [3.63, 3.8) is 0 Å². The van der Waals surface area contributed by atoms with Crippen molar-refractivity contribution in [3.8, 4) is 34.0 Å². The maximum atomic E-state index is 13.9. The molecule has 2 atom stereocenters. The van der Waals surface area contributed by atoms with E-state index in [1.807, 2.05) is 6.07 Å². The summed E-state index contributed by atoms with van der Waals surface area (Å²) < 4.78 is 19.5. The Morgan fingerprint density at radius 2 is 1.96 bits per heavy atom. The van der Waals surface area contributed by atoms with Gasteiger partial charge in [-0.05, 0) is 43.0 Å². The first kappa shape index (κ1) is 16.5. The zero-order chi connectivity index (χ0) is 17.9. The minimum Gasteiger partial charge on any atom is -0.507 e. The fraction of sp³-hybridized carbons (Fsp3) is 0.316. The molecule has 1 aliphatic carbocycles. The summed E-state index contributed by atoms with van der Waals surface area (Å²) in [6.45, 7) is 0. The average Bonchev–Trinajstić information content (AvgIpc) is 3.19. The first-order valence-electron chi connectivity index (χ1n) is 8.68. The van der Waals surface area contributed by atoms with Crippen LogP contribution >= 0.6 is 0 Å². The van der Waals surface area contributed by atoms with Crippen molar-refractivity contribution in [2.45, 2.75) is 38.0 Å². The highest BCUT2D eigenvalue weighted by Crippen LogP contribution is 2.32. The third kappa shape index (κ3) is 3.37. The van der Waals surface area contributed by atoms with Gasteiger partial charge in [0.1, 0.15) is 18.0 Å². The molecule has 0 unspecified atom stereocenters. The summed E-state index contributed by atoms with van der Waals surface area (Å²) in [6, 6.07) is 8.68. The van der Waals surface area contributed by atoms with Gasteiger partial charge < -0.3 is 9.84 Å². The number of hydrogen-bond donors (Lipinski definition) is 2. The molecule has 0 spiro atoms. The molecule has 0 bridgehead atoms. The van der Waals surface area contributed by atoms with Gasteiger partial charge in [0, 0.05) is 23.4 Å². The molecule has 2 aromatic heterocycles. The Balaban J connectivity index is 1.51. The van der Waals surface area contributed by atoms with Crippen molar-refractivity contribution in [2.24, 2.45) is 0 Å². The summed E-state index contributed by atoms with van der Waals surface area (Å²) >= 11 is 0. The van der Waals surface area contributed by atoms with Gasteiger partial charge in [0.05, 0.1) is 11.9 Å². The summed E-state index contributed by atoms with van der Waals surface area (Å²) in [5.41, 5.74) is 2.82. The predicted octanol–water partition coefficient (Wildman–Crippen LogP) is 3.90. The number of H-pyrrole nitrogens is 1. The molecule has 0 amide bonds. The Morgan fingerprint density at radius 3 is 2.65 bits per heavy atom. The molecular formula is C19H19FN4O2. The molecule has 6 nitrogen and oxygen atoms in total. The Morgan fingerprint density at radius 1 is 1.08 bits per heavy atom. The zero-order valence-electron chi connectivity index (χ0n) is 14.1. The highest BCUT2D eigenvalue weighted by Gasteiger charge is 2.26. The van der Waals surface area contributed by atoms with Crippen LogP contribution in [0.2, 0.25) is 0 Å². The largest absolute Gasteiger partial charge is 0.507 e. The van der Waals surface area contributed by atoms with E-state index in [1.54, 1.807) is 36.7 Å². The van der Waals surface area contributed by atoms with E-state index in [0.717, 1.165) is 24.0 Å². The third-order valence-corrected chi connectivity index (χ3v) is 4.64. The lowest BCUT2D eigenvalue weighted by atomic mass is 9.96. The molecule has 2 heterocycles. The van der Waals surface area contributed by atoms with E-state index >= 15 is 0 Å². The summed E-state index contributed by atoms with van der Waals surface area (Å²) in [4.78, 5) is 0. The van der Waals surface area contributed by atoms with Crippen LogP contribution in [-0.2, 0) is 0 Å². The molecule has 134 valence electrons. The van der Waals surface area contributed by atoms with Crippen molar-refractivity contribution < 1.29 is 14.2 Å². The SMILES string of the molecule is Oc1cc(-c2cn[nH]c2)ccc1-c1ccc(O[C@H]2CCCC[C@@H]2F)nn1. The number of benzene rings is 1. The van der Waals surface area contributed by atoms with Crippen LogP contribution in [0.15, 0.2) is 42.7 Å². The molecule has 1 aromatic carbocycles. The average molecular weight is 354 g/mol. The number of phenols is 1. The van der Waals surface area contributed by atoms with Gasteiger partial charge in [-0.3, -0.25) is 5.10 Å². The number of halogens is 1. The van der Waals surface area contributed by atoms with Crippen LogP contribution in [-0.4, -0.2) is 37.8 Å². The van der Waals surface area contributed by atoms with Gasteiger partial charge in [0.15, 0.2) is 0 Å². The number of aromatic amines is 1. The van der Waals surface area contributed by atoms with Crippen LogP contribution in [0.3, 0.4) is 0 Å². The number of ether oxygens (including phenoxy) is 1. The number of aromatic nitrogens is 4. The third-order valence-electron chi connectivity index (χ3n) is 4.64. The maximum Gasteiger partial charge on any atom is 0.233 e. The van der Waals surface area contributed by atoms with Crippen LogP contribution in [0, 0.1) is 0 Å². The van der Waals surface area contributed by atoms with Gasteiger partial charge in [0.25, 0.3) is 0 Å². The standard InChI is InChI=1S/C19H19FN4O2/c20-15-3-1-2-4-18(15)26-19-8-7-16(23-24-19)14-6-5-12(9-17(14)25)13-10-21-22-11-13/h5-11,15,18,25H,1-4H2,(H,21,22)/t15-,18-/m0/s1. The van der Waals surface area contributed by atoms with Crippen molar-refractivity contribution in [2.75, 3.05) is 0 Å². The van der Waals surface area contributed by atoms with E-state index < -0.39 is 12.3 Å². The van der Waals surface area contributed by atoms with Crippen LogP contribution in [0.1, 0.15) is 25.7 Å². The number of rotatable bonds is 4. The van der Waals surface area contributed by atoms with E-state index in [2.05, 4.69) is 20.4 Å². The van der Waals surface area contributed by atoms with E-state index in [9.17, 15) is 9.50 Å². The summed E-state index contributed by atoms with van der Waals surface area (Å²) in [5.74, 6) is 0.403. The second kappa shape index (κ2) is 7.11. The van der Waals surface area contributed by atoms with Gasteiger partial charge in [-0.2, -0.15) is 5.10 Å². The number of hydrogen-bond acceptors (Lipinski definition) is 5. The molecule has 7 heteroatoms. The molecule has 0 radical (unpaired) electrons. The molecule has 3 aromatic rings. The van der Waals surface area contributed by atoms with Crippen molar-refractivity contribution in [1.29, 1.82) is 0 Å². The van der Waals surface area contributed by atoms with Crippen LogP contribution < -0.4 is 4.74 Å². The first-order chi connectivity index (χ1) is 12.7. The molecule has 0 aliphatic heterocycles. The normalized spacial score (nSPS) is 20.0. The lowest BCUT2D eigenvalue weighted by Crippen LogP contribution is -2.32. The first-order valence-corrected chi connectivity index (χ1v) is 8.68. The number of alkyl halides is 1. The molecule has 1 saturated carbocycles. The van der Waals surface area contributed by atoms with Gasteiger partial charge in [-0.25, -0.2) is 4.39 Å². The van der Waals surface area contributed by atoms with Crippen LogP contribution in [0.4, 0.5) is 4.39 Å². The fourth-order valence-electron chi connectivity index (χ4n) is 3.20. The van der Waals surface area contributed by atoms with E-state index in [0.29, 0.717) is 30.0 Å². The number of aromatic hydroxyl groups is 1. The topological polar surface area (TPSA) is 83.9 Å². The van der Waals surface area contributed by atoms with Crippen LogP contribution in [0.5, 0.6) is 11.6 Å². The fourth-order valence-corrected chi connectivity index (χ4v) is 3.20. The molecule has 1 fully saturated rings. The minimum atomic E-state index is -0.954. The number of nitrogens with zero attached hydrogens (tertiary/aromatic N) is 3. The molecule has 0 saturated heterocycles. The summed E-state index contributed by atoms with van der Waals surface area (Å²) in [6.07, 6.45) is 5.13. The zero-order valence-corrected chi connectivity index (χ0v) is 14.1. The van der Waals surface area contributed by atoms with Crippen molar-refractivity contribution in [3.05, 3.63) is 42.7 Å². The van der Waals surface area contributed by atoms with Gasteiger partial charge in [-0.1, -0.05) is 12.5 Å². The quantitative estimate of drug-likeness (QED) is 0.742. The van der Waals surface area contributed by atoms with Gasteiger partial charge in [-0.15, -0.1) is 10.2 Å². The minimum absolute atomic E-state index is 0.0998. The highest BCUT2D eigenvalue weighted by atomic mass is 19.1. The molecule has 26 heavy (non-hydrogen) atoms. The molecule has 2 N–H and O–H groups in total. The highest BCUT2D eigenvalue weighted by molar-refractivity contribution is 5.73. The predicted molar refractivity (Wildman–Crippen MR) is 94.5 cm³/mol. The molecule has 1 aliphatic rings. The van der Waals surface area contributed by atoms with E-state index in [4.69, 9.17) is 4.74 Å². The van der Waals surface area contributed by atoms with Gasteiger partial charge >= 0.3 is 0 Å². The number of phenolic OH excluding ortho intramolecular Hbond substituents is 1. The second-order valence-corrected chi connectivity index (χ2v) is 6.43. The molecule has 4 rings (SSSR count). The van der Waals surface area contributed by atoms with E-state index in [1.165, 1.54) is 0 Å². The van der Waals surface area contributed by atoms with Crippen molar-refractivity contribution >= 4 is 0 Å². The Labute approximate surface area is 150 Å². The lowest BCUT2D eigenvalue weighted by molar-refractivity contribution is 0.0594. The smallest absolute Gasteiger partial charge is 0.233 e. The Kier molecular flexibility index (Phi) is 4.51. The van der Waals surface area contributed by atoms with Crippen LogP contribution in [0.25, 0.3) is 22.4 Å². The van der Waals surface area contributed by atoms with E-state index in [-0.39, 0.29) is 5.75 Å². The molecular weight excluding hydrogens is 335 g/mol. The van der Waals surface area contributed by atoms with Crippen molar-refractivity contribution in [1.82, 2.24) is 20.4 Å². The summed E-state index contributed by atoms with van der Waals surface area (Å²) in [5, 5.41) is 25.1. The lowest BCUT2D eigenvalue weighted by Gasteiger charge is -2.25. The monoisotopic (exact) mass is 354 g/mol. The second-order valence-electron chi connectivity index (χ2n) is 6.43. The Hall–Kier alpha value is -2.96. The summed E-state index contributed by atoms with van der Waals surface area (Å²) in [7, 11) is 0. The Bertz CT molecular complexity index is 868. The number of nitrogens with one attached hydrogen (secondary N) is 1. The van der Waals surface area contributed by atoms with Gasteiger partial charge in [0.2, 0.25) is 5.88 Å². The maximum absolute atomic E-state index is 13.9.